The first-order valence-corrected chi connectivity index (χ1v) is 11.9. The van der Waals surface area contributed by atoms with E-state index < -0.39 is 27.0 Å². The summed E-state index contributed by atoms with van der Waals surface area (Å²) in [7, 11) is -2.01. The lowest BCUT2D eigenvalue weighted by Gasteiger charge is -2.30. The Kier molecular flexibility index (Phi) is 7.47. The maximum Gasteiger partial charge on any atom is 0.310 e. The van der Waals surface area contributed by atoms with E-state index in [4.69, 9.17) is 4.74 Å². The summed E-state index contributed by atoms with van der Waals surface area (Å²) < 4.78 is 32.8. The van der Waals surface area contributed by atoms with Crippen LogP contribution in [0.25, 0.3) is 0 Å². The molecule has 1 saturated carbocycles. The Morgan fingerprint density at radius 1 is 1.12 bits per heavy atom. The van der Waals surface area contributed by atoms with Gasteiger partial charge in [0.25, 0.3) is 5.91 Å². The molecule has 2 aromatic rings. The third kappa shape index (κ3) is 5.43. The molecule has 1 N–H and O–H groups in total. The normalized spacial score (nSPS) is 15.8. The second-order valence-corrected chi connectivity index (χ2v) is 9.81. The van der Waals surface area contributed by atoms with Gasteiger partial charge in [0, 0.05) is 24.8 Å². The minimum atomic E-state index is -3.62. The lowest BCUT2D eigenvalue weighted by Crippen LogP contribution is -2.38. The van der Waals surface area contributed by atoms with Crippen molar-refractivity contribution in [3.05, 3.63) is 58.6 Å². The van der Waals surface area contributed by atoms with Gasteiger partial charge in [0.2, 0.25) is 10.0 Å². The number of anilines is 1. The predicted octanol–water partition coefficient (Wildman–Crippen LogP) is 3.95. The summed E-state index contributed by atoms with van der Waals surface area (Å²) in [5.74, 6) is -0.523. The smallest absolute Gasteiger partial charge is 0.310 e. The van der Waals surface area contributed by atoms with Crippen LogP contribution in [0.1, 0.15) is 39.0 Å². The summed E-state index contributed by atoms with van der Waals surface area (Å²) in [4.78, 5) is 23.1. The Bertz CT molecular complexity index is 1070. The number of carbonyl (C=O) groups excluding carboxylic acids is 1. The second kappa shape index (κ2) is 10.1. The zero-order valence-electron chi connectivity index (χ0n) is 18.1. The van der Waals surface area contributed by atoms with Crippen molar-refractivity contribution in [3.63, 3.8) is 0 Å². The standard InChI is InChI=1S/C22H27N3O6S/c1-16(31-21-11-7-6-10-20(21)25(27)28)22(26)23-17-12-14-19(15-13-17)32(29,30)24(2)18-8-4-3-5-9-18/h6-7,10-16,18H,3-5,8-9H2,1-2H3,(H,23,26)/t16-/m0/s1. The maximum atomic E-state index is 12.9. The second-order valence-electron chi connectivity index (χ2n) is 7.81. The quantitative estimate of drug-likeness (QED) is 0.470. The van der Waals surface area contributed by atoms with Crippen LogP contribution in [0.2, 0.25) is 0 Å². The van der Waals surface area contributed by atoms with Gasteiger partial charge < -0.3 is 10.1 Å². The van der Waals surface area contributed by atoms with Crippen LogP contribution in [0.4, 0.5) is 11.4 Å². The molecule has 9 nitrogen and oxygen atoms in total. The highest BCUT2D eigenvalue weighted by Gasteiger charge is 2.29. The minimum absolute atomic E-state index is 0.00709. The molecular formula is C22H27N3O6S. The van der Waals surface area contributed by atoms with Gasteiger partial charge in [-0.3, -0.25) is 14.9 Å². The van der Waals surface area contributed by atoms with Crippen molar-refractivity contribution in [1.82, 2.24) is 4.31 Å². The number of nitrogens with zero attached hydrogens (tertiary/aromatic N) is 2. The van der Waals surface area contributed by atoms with Gasteiger partial charge in [0.1, 0.15) is 0 Å². The van der Waals surface area contributed by atoms with Crippen molar-refractivity contribution in [2.75, 3.05) is 12.4 Å². The molecule has 10 heteroatoms. The molecule has 1 aliphatic rings. The SMILES string of the molecule is C[C@H](Oc1ccccc1[N+](=O)[O-])C(=O)Nc1ccc(S(=O)(=O)N(C)C2CCCCC2)cc1. The zero-order chi connectivity index (χ0) is 23.3. The molecular weight excluding hydrogens is 434 g/mol. The highest BCUT2D eigenvalue weighted by molar-refractivity contribution is 7.89. The van der Waals surface area contributed by atoms with E-state index in [1.54, 1.807) is 13.1 Å². The van der Waals surface area contributed by atoms with Gasteiger partial charge in [-0.15, -0.1) is 0 Å². The van der Waals surface area contributed by atoms with Crippen LogP contribution >= 0.6 is 0 Å². The monoisotopic (exact) mass is 461 g/mol. The molecule has 3 rings (SSSR count). The minimum Gasteiger partial charge on any atom is -0.474 e. The first-order valence-electron chi connectivity index (χ1n) is 10.5. The van der Waals surface area contributed by atoms with Crippen LogP contribution in [0.3, 0.4) is 0 Å². The van der Waals surface area contributed by atoms with Gasteiger partial charge >= 0.3 is 5.69 Å². The molecule has 0 spiro atoms. The average molecular weight is 462 g/mol. The number of nitro benzene ring substituents is 1. The number of rotatable bonds is 8. The maximum absolute atomic E-state index is 12.9. The molecule has 0 unspecified atom stereocenters. The third-order valence-electron chi connectivity index (χ3n) is 5.62. The van der Waals surface area contributed by atoms with Gasteiger partial charge in [0.15, 0.2) is 11.9 Å². The van der Waals surface area contributed by atoms with E-state index in [2.05, 4.69) is 5.32 Å². The highest BCUT2D eigenvalue weighted by Crippen LogP contribution is 2.28. The van der Waals surface area contributed by atoms with Gasteiger partial charge in [-0.25, -0.2) is 8.42 Å². The average Bonchev–Trinajstić information content (AvgIpc) is 2.79. The summed E-state index contributed by atoms with van der Waals surface area (Å²) in [5.41, 5.74) is 0.163. The van der Waals surface area contributed by atoms with Crippen molar-refractivity contribution >= 4 is 27.3 Å². The van der Waals surface area contributed by atoms with E-state index in [9.17, 15) is 23.3 Å². The van der Waals surface area contributed by atoms with E-state index in [0.29, 0.717) is 5.69 Å². The largest absolute Gasteiger partial charge is 0.474 e. The molecule has 0 saturated heterocycles. The summed E-state index contributed by atoms with van der Waals surface area (Å²) in [6.07, 6.45) is 3.92. The molecule has 32 heavy (non-hydrogen) atoms. The summed E-state index contributed by atoms with van der Waals surface area (Å²) >= 11 is 0. The van der Waals surface area contributed by atoms with Crippen LogP contribution in [0.5, 0.6) is 5.75 Å². The Balaban J connectivity index is 1.65. The summed E-state index contributed by atoms with van der Waals surface area (Å²) in [6, 6.07) is 11.7. The lowest BCUT2D eigenvalue weighted by molar-refractivity contribution is -0.386. The van der Waals surface area contributed by atoms with E-state index >= 15 is 0 Å². The van der Waals surface area contributed by atoms with Crippen molar-refractivity contribution in [3.8, 4) is 5.75 Å². The first kappa shape index (κ1) is 23.7. The van der Waals surface area contributed by atoms with E-state index in [1.165, 1.54) is 53.7 Å². The van der Waals surface area contributed by atoms with Gasteiger partial charge in [-0.05, 0) is 50.1 Å². The lowest BCUT2D eigenvalue weighted by atomic mass is 9.96. The molecule has 1 amide bonds. The molecule has 0 bridgehead atoms. The Labute approximate surface area is 187 Å². The van der Waals surface area contributed by atoms with Crippen LogP contribution in [-0.4, -0.2) is 42.7 Å². The molecule has 0 aliphatic heterocycles. The number of hydrogen-bond acceptors (Lipinski definition) is 6. The summed E-state index contributed by atoms with van der Waals surface area (Å²) in [6.45, 7) is 1.48. The molecule has 0 radical (unpaired) electrons. The number of hydrogen-bond donors (Lipinski definition) is 1. The zero-order valence-corrected chi connectivity index (χ0v) is 18.9. The van der Waals surface area contributed by atoms with Crippen LogP contribution in [-0.2, 0) is 14.8 Å². The molecule has 0 heterocycles. The fourth-order valence-electron chi connectivity index (χ4n) is 3.71. The van der Waals surface area contributed by atoms with Gasteiger partial charge in [-0.1, -0.05) is 31.4 Å². The topological polar surface area (TPSA) is 119 Å². The first-order chi connectivity index (χ1) is 15.2. The fourth-order valence-corrected chi connectivity index (χ4v) is 5.13. The number of nitro groups is 1. The molecule has 2 aromatic carbocycles. The number of amides is 1. The number of nitrogens with one attached hydrogen (secondary N) is 1. The molecule has 1 aliphatic carbocycles. The summed E-state index contributed by atoms with van der Waals surface area (Å²) in [5, 5.41) is 13.7. The Morgan fingerprint density at radius 2 is 1.75 bits per heavy atom. The number of carbonyl (C=O) groups is 1. The van der Waals surface area contributed by atoms with Crippen molar-refractivity contribution < 1.29 is 22.9 Å². The van der Waals surface area contributed by atoms with Crippen LogP contribution in [0, 0.1) is 10.1 Å². The fraction of sp³-hybridized carbons (Fsp3) is 0.409. The van der Waals surface area contributed by atoms with Crippen molar-refractivity contribution in [2.45, 2.75) is 56.1 Å². The van der Waals surface area contributed by atoms with Crippen molar-refractivity contribution in [1.29, 1.82) is 0 Å². The number of ether oxygens (including phenoxy) is 1. The van der Waals surface area contributed by atoms with Crippen LogP contribution in [0.15, 0.2) is 53.4 Å². The van der Waals surface area contributed by atoms with Gasteiger partial charge in [-0.2, -0.15) is 4.31 Å². The third-order valence-corrected chi connectivity index (χ3v) is 7.55. The number of benzene rings is 2. The molecule has 1 atom stereocenters. The van der Waals surface area contributed by atoms with Crippen LogP contribution < -0.4 is 10.1 Å². The molecule has 0 aromatic heterocycles. The number of sulfonamides is 1. The van der Waals surface area contributed by atoms with E-state index in [0.717, 1.165) is 32.1 Å². The van der Waals surface area contributed by atoms with E-state index in [-0.39, 0.29) is 22.4 Å². The highest BCUT2D eigenvalue weighted by atomic mass is 32.2. The predicted molar refractivity (Wildman–Crippen MR) is 120 cm³/mol. The molecule has 172 valence electrons. The van der Waals surface area contributed by atoms with Crippen molar-refractivity contribution in [2.24, 2.45) is 0 Å². The Morgan fingerprint density at radius 3 is 2.38 bits per heavy atom. The van der Waals surface area contributed by atoms with E-state index in [1.807, 2.05) is 0 Å². The van der Waals surface area contributed by atoms with Gasteiger partial charge in [0.05, 0.1) is 9.82 Å². The Hall–Kier alpha value is -2.98. The number of para-hydroxylation sites is 2. The molecule has 1 fully saturated rings.